The van der Waals surface area contributed by atoms with Crippen molar-refractivity contribution < 1.29 is 23.2 Å². The van der Waals surface area contributed by atoms with Crippen LogP contribution in [0.5, 0.6) is 5.75 Å². The predicted octanol–water partition coefficient (Wildman–Crippen LogP) is 2.48. The van der Waals surface area contributed by atoms with Gasteiger partial charge < -0.3 is 24.2 Å². The standard InChI is InChI=1S/C19H18N2O5/c1-24-15-6-3-2-5-13(15)11-20-18(22)19(23)21-12-14-8-9-17(26-14)16-7-4-10-25-16/h2-10H,11-12H2,1H3,(H,20,22)(H,21,23). The first kappa shape index (κ1) is 17.3. The molecule has 3 aromatic rings. The number of rotatable bonds is 6. The molecule has 2 N–H and O–H groups in total. The van der Waals surface area contributed by atoms with Crippen molar-refractivity contribution >= 4 is 11.8 Å². The highest BCUT2D eigenvalue weighted by Gasteiger charge is 2.15. The number of hydrogen-bond donors (Lipinski definition) is 2. The lowest BCUT2D eigenvalue weighted by Gasteiger charge is -2.09. The van der Waals surface area contributed by atoms with Gasteiger partial charge in [0, 0.05) is 12.1 Å². The van der Waals surface area contributed by atoms with Gasteiger partial charge in [-0.25, -0.2) is 0 Å². The van der Waals surface area contributed by atoms with E-state index in [2.05, 4.69) is 10.6 Å². The van der Waals surface area contributed by atoms with Crippen molar-refractivity contribution in [3.8, 4) is 17.3 Å². The molecule has 0 bridgehead atoms. The number of amides is 2. The van der Waals surface area contributed by atoms with Crippen LogP contribution >= 0.6 is 0 Å². The molecule has 0 radical (unpaired) electrons. The fraction of sp³-hybridized carbons (Fsp3) is 0.158. The van der Waals surface area contributed by atoms with E-state index in [4.69, 9.17) is 13.6 Å². The monoisotopic (exact) mass is 354 g/mol. The van der Waals surface area contributed by atoms with Gasteiger partial charge in [0.1, 0.15) is 11.5 Å². The summed E-state index contributed by atoms with van der Waals surface area (Å²) in [5.41, 5.74) is 0.783. The zero-order valence-electron chi connectivity index (χ0n) is 14.2. The Labute approximate surface area is 149 Å². The van der Waals surface area contributed by atoms with E-state index in [1.165, 1.54) is 0 Å². The number of furan rings is 2. The molecule has 0 fully saturated rings. The quantitative estimate of drug-likeness (QED) is 0.663. The normalized spacial score (nSPS) is 10.3. The number of carbonyl (C=O) groups excluding carboxylic acids is 2. The maximum Gasteiger partial charge on any atom is 0.309 e. The Bertz CT molecular complexity index is 883. The van der Waals surface area contributed by atoms with E-state index in [1.807, 2.05) is 18.2 Å². The van der Waals surface area contributed by atoms with E-state index in [0.29, 0.717) is 23.0 Å². The number of para-hydroxylation sites is 1. The molecule has 26 heavy (non-hydrogen) atoms. The van der Waals surface area contributed by atoms with E-state index in [-0.39, 0.29) is 13.1 Å². The summed E-state index contributed by atoms with van der Waals surface area (Å²) in [5.74, 6) is 0.845. The number of benzene rings is 1. The first-order valence-corrected chi connectivity index (χ1v) is 7.98. The summed E-state index contributed by atoms with van der Waals surface area (Å²) in [5, 5.41) is 5.08. The van der Waals surface area contributed by atoms with Gasteiger partial charge in [-0.2, -0.15) is 0 Å². The molecule has 0 aliphatic heterocycles. The van der Waals surface area contributed by atoms with E-state index < -0.39 is 11.8 Å². The topological polar surface area (TPSA) is 93.7 Å². The summed E-state index contributed by atoms with van der Waals surface area (Å²) >= 11 is 0. The van der Waals surface area contributed by atoms with Crippen molar-refractivity contribution in [2.75, 3.05) is 7.11 Å². The van der Waals surface area contributed by atoms with Gasteiger partial charge in [-0.15, -0.1) is 0 Å². The molecule has 2 aromatic heterocycles. The summed E-state index contributed by atoms with van der Waals surface area (Å²) < 4.78 is 16.0. The van der Waals surface area contributed by atoms with Gasteiger partial charge in [-0.05, 0) is 30.3 Å². The van der Waals surface area contributed by atoms with Crippen molar-refractivity contribution in [2.24, 2.45) is 0 Å². The summed E-state index contributed by atoms with van der Waals surface area (Å²) in [6.45, 7) is 0.293. The highest BCUT2D eigenvalue weighted by Crippen LogP contribution is 2.22. The Balaban J connectivity index is 1.49. The maximum absolute atomic E-state index is 11.9. The molecule has 0 aliphatic carbocycles. The molecule has 0 saturated carbocycles. The van der Waals surface area contributed by atoms with E-state index in [1.54, 1.807) is 43.7 Å². The number of nitrogens with one attached hydrogen (secondary N) is 2. The summed E-state index contributed by atoms with van der Waals surface area (Å²) in [6, 6.07) is 14.2. The lowest BCUT2D eigenvalue weighted by molar-refractivity contribution is -0.139. The molecule has 2 amide bonds. The summed E-state index contributed by atoms with van der Waals surface area (Å²) in [6.07, 6.45) is 1.55. The van der Waals surface area contributed by atoms with Crippen molar-refractivity contribution in [3.63, 3.8) is 0 Å². The van der Waals surface area contributed by atoms with E-state index >= 15 is 0 Å². The Kier molecular flexibility index (Phi) is 5.38. The minimum absolute atomic E-state index is 0.0988. The van der Waals surface area contributed by atoms with Crippen LogP contribution < -0.4 is 15.4 Å². The molecule has 7 heteroatoms. The van der Waals surface area contributed by atoms with Gasteiger partial charge >= 0.3 is 11.8 Å². The zero-order valence-corrected chi connectivity index (χ0v) is 14.2. The van der Waals surface area contributed by atoms with Crippen LogP contribution in [0.2, 0.25) is 0 Å². The second kappa shape index (κ2) is 8.06. The fourth-order valence-corrected chi connectivity index (χ4v) is 2.38. The van der Waals surface area contributed by atoms with Gasteiger partial charge in [0.2, 0.25) is 0 Å². The highest BCUT2D eigenvalue weighted by molar-refractivity contribution is 6.35. The van der Waals surface area contributed by atoms with Crippen LogP contribution in [0.1, 0.15) is 11.3 Å². The van der Waals surface area contributed by atoms with Gasteiger partial charge in [0.15, 0.2) is 11.5 Å². The number of hydrogen-bond acceptors (Lipinski definition) is 5. The zero-order chi connectivity index (χ0) is 18.4. The molecule has 1 aromatic carbocycles. The van der Waals surface area contributed by atoms with Crippen LogP contribution in [0.4, 0.5) is 0 Å². The van der Waals surface area contributed by atoms with Crippen molar-refractivity contribution in [2.45, 2.75) is 13.1 Å². The second-order valence-electron chi connectivity index (χ2n) is 5.42. The van der Waals surface area contributed by atoms with Crippen LogP contribution in [-0.2, 0) is 22.7 Å². The fourth-order valence-electron chi connectivity index (χ4n) is 2.38. The Morgan fingerprint density at radius 2 is 1.69 bits per heavy atom. The van der Waals surface area contributed by atoms with Crippen molar-refractivity contribution in [3.05, 3.63) is 66.1 Å². The molecule has 3 rings (SSSR count). The first-order valence-electron chi connectivity index (χ1n) is 7.98. The van der Waals surface area contributed by atoms with Crippen LogP contribution in [0.3, 0.4) is 0 Å². The third-order valence-electron chi connectivity index (χ3n) is 3.69. The molecule has 0 spiro atoms. The van der Waals surface area contributed by atoms with Crippen LogP contribution in [0.25, 0.3) is 11.5 Å². The molecule has 0 aliphatic rings. The minimum atomic E-state index is -0.740. The number of carbonyl (C=O) groups is 2. The second-order valence-corrected chi connectivity index (χ2v) is 5.42. The van der Waals surface area contributed by atoms with Gasteiger partial charge in [-0.3, -0.25) is 9.59 Å². The lowest BCUT2D eigenvalue weighted by Crippen LogP contribution is -2.39. The molecule has 0 saturated heterocycles. The molecular weight excluding hydrogens is 336 g/mol. The molecule has 7 nitrogen and oxygen atoms in total. The Hall–Kier alpha value is -3.48. The Morgan fingerprint density at radius 3 is 2.42 bits per heavy atom. The van der Waals surface area contributed by atoms with Crippen LogP contribution in [0, 0.1) is 0 Å². The van der Waals surface area contributed by atoms with Gasteiger partial charge in [0.05, 0.1) is 19.9 Å². The maximum atomic E-state index is 11.9. The molecular formula is C19H18N2O5. The molecule has 0 atom stereocenters. The van der Waals surface area contributed by atoms with E-state index in [0.717, 1.165) is 5.56 Å². The van der Waals surface area contributed by atoms with Gasteiger partial charge in [0.25, 0.3) is 0 Å². The summed E-state index contributed by atoms with van der Waals surface area (Å²) in [7, 11) is 1.55. The number of ether oxygens (including phenoxy) is 1. The largest absolute Gasteiger partial charge is 0.496 e. The first-order chi connectivity index (χ1) is 12.7. The van der Waals surface area contributed by atoms with Crippen molar-refractivity contribution in [1.82, 2.24) is 10.6 Å². The SMILES string of the molecule is COc1ccccc1CNC(=O)C(=O)NCc1ccc(-c2ccco2)o1. The van der Waals surface area contributed by atoms with Crippen molar-refractivity contribution in [1.29, 1.82) is 0 Å². The third kappa shape index (κ3) is 4.13. The van der Waals surface area contributed by atoms with Gasteiger partial charge in [-0.1, -0.05) is 18.2 Å². The minimum Gasteiger partial charge on any atom is -0.496 e. The number of methoxy groups -OCH3 is 1. The average molecular weight is 354 g/mol. The average Bonchev–Trinajstić information content (AvgIpc) is 3.35. The molecule has 0 unspecified atom stereocenters. The summed E-state index contributed by atoms with van der Waals surface area (Å²) in [4.78, 5) is 23.8. The highest BCUT2D eigenvalue weighted by atomic mass is 16.5. The van der Waals surface area contributed by atoms with Crippen LogP contribution in [0.15, 0.2) is 63.6 Å². The molecule has 134 valence electrons. The Morgan fingerprint density at radius 1 is 0.923 bits per heavy atom. The van der Waals surface area contributed by atoms with Crippen LogP contribution in [-0.4, -0.2) is 18.9 Å². The molecule has 2 heterocycles. The third-order valence-corrected chi connectivity index (χ3v) is 3.69. The van der Waals surface area contributed by atoms with E-state index in [9.17, 15) is 9.59 Å². The lowest BCUT2D eigenvalue weighted by atomic mass is 10.2. The smallest absolute Gasteiger partial charge is 0.309 e. The predicted molar refractivity (Wildman–Crippen MR) is 93.1 cm³/mol.